The van der Waals surface area contributed by atoms with Crippen LogP contribution in [0.4, 0.5) is 9.93 Å². The molecule has 1 aliphatic heterocycles. The normalized spacial score (nSPS) is 14.0. The number of anilines is 1. The number of thiazole rings is 1. The number of hydrogen-bond donors (Lipinski definition) is 2. The summed E-state index contributed by atoms with van der Waals surface area (Å²) < 4.78 is 0. The lowest BCUT2D eigenvalue weighted by molar-refractivity contribution is -0.127. The van der Waals surface area contributed by atoms with Crippen molar-refractivity contribution in [1.82, 2.24) is 15.2 Å². The number of nitrogens with one attached hydrogen (secondary N) is 2. The van der Waals surface area contributed by atoms with Crippen LogP contribution in [0.15, 0.2) is 36.5 Å². The first-order chi connectivity index (χ1) is 11.7. The maximum absolute atomic E-state index is 11.9. The molecule has 0 atom stereocenters. The fourth-order valence-corrected chi connectivity index (χ4v) is 3.44. The molecule has 0 unspecified atom stereocenters. The average Bonchev–Trinajstić information content (AvgIpc) is 3.22. The summed E-state index contributed by atoms with van der Waals surface area (Å²) in [5.41, 5.74) is 1.08. The summed E-state index contributed by atoms with van der Waals surface area (Å²) >= 11 is 1.44. The van der Waals surface area contributed by atoms with E-state index in [1.807, 2.05) is 35.2 Å². The number of hydrogen-bond acceptors (Lipinski definition) is 4. The van der Waals surface area contributed by atoms with Gasteiger partial charge in [-0.2, -0.15) is 0 Å². The third-order valence-corrected chi connectivity index (χ3v) is 4.81. The van der Waals surface area contributed by atoms with Gasteiger partial charge >= 0.3 is 6.03 Å². The standard InChI is InChI=1S/C17H20N4O2S/c22-15-8-4-10-21(15)11-5-9-18-16(23)20-17-19-12-14(24-17)13-6-2-1-3-7-13/h1-3,6-7,12H,4-5,8-11H2,(H2,18,19,20,23). The molecule has 1 fully saturated rings. The molecular weight excluding hydrogens is 324 g/mol. The maximum Gasteiger partial charge on any atom is 0.321 e. The summed E-state index contributed by atoms with van der Waals surface area (Å²) in [6.45, 7) is 2.08. The molecule has 2 heterocycles. The van der Waals surface area contributed by atoms with Crippen molar-refractivity contribution in [3.05, 3.63) is 36.5 Å². The third-order valence-electron chi connectivity index (χ3n) is 3.85. The van der Waals surface area contributed by atoms with Crippen LogP contribution < -0.4 is 10.6 Å². The van der Waals surface area contributed by atoms with Gasteiger partial charge in [0.25, 0.3) is 0 Å². The Kier molecular flexibility index (Phi) is 5.43. The number of rotatable bonds is 6. The number of likely N-dealkylation sites (tertiary alicyclic amines) is 1. The lowest BCUT2D eigenvalue weighted by Crippen LogP contribution is -2.32. The van der Waals surface area contributed by atoms with Gasteiger partial charge in [-0.25, -0.2) is 9.78 Å². The van der Waals surface area contributed by atoms with Crippen molar-refractivity contribution >= 4 is 28.4 Å². The molecule has 1 aromatic heterocycles. The van der Waals surface area contributed by atoms with Crippen LogP contribution >= 0.6 is 11.3 Å². The molecule has 0 aliphatic carbocycles. The quantitative estimate of drug-likeness (QED) is 0.791. The average molecular weight is 344 g/mol. The second kappa shape index (κ2) is 7.92. The van der Waals surface area contributed by atoms with E-state index in [1.54, 1.807) is 6.20 Å². The van der Waals surface area contributed by atoms with E-state index in [1.165, 1.54) is 11.3 Å². The van der Waals surface area contributed by atoms with E-state index in [9.17, 15) is 9.59 Å². The minimum atomic E-state index is -0.267. The first kappa shape index (κ1) is 16.4. The van der Waals surface area contributed by atoms with E-state index in [2.05, 4.69) is 15.6 Å². The number of amides is 3. The SMILES string of the molecule is O=C(NCCCN1CCCC1=O)Nc1ncc(-c2ccccc2)s1. The van der Waals surface area contributed by atoms with Crippen molar-refractivity contribution < 1.29 is 9.59 Å². The minimum absolute atomic E-state index is 0.218. The summed E-state index contributed by atoms with van der Waals surface area (Å²) in [5, 5.41) is 6.11. The van der Waals surface area contributed by atoms with Crippen molar-refractivity contribution in [1.29, 1.82) is 0 Å². The van der Waals surface area contributed by atoms with Gasteiger partial charge < -0.3 is 10.2 Å². The van der Waals surface area contributed by atoms with Gasteiger partial charge in [-0.05, 0) is 18.4 Å². The monoisotopic (exact) mass is 344 g/mol. The van der Waals surface area contributed by atoms with Gasteiger partial charge in [-0.1, -0.05) is 41.7 Å². The molecular formula is C17H20N4O2S. The Labute approximate surface area is 144 Å². The molecule has 1 aromatic carbocycles. The first-order valence-corrected chi connectivity index (χ1v) is 8.88. The molecule has 126 valence electrons. The van der Waals surface area contributed by atoms with Crippen molar-refractivity contribution in [3.63, 3.8) is 0 Å². The van der Waals surface area contributed by atoms with E-state index >= 15 is 0 Å². The van der Waals surface area contributed by atoms with Gasteiger partial charge in [0.05, 0.1) is 4.88 Å². The summed E-state index contributed by atoms with van der Waals surface area (Å²) in [6.07, 6.45) is 4.11. The van der Waals surface area contributed by atoms with E-state index in [-0.39, 0.29) is 11.9 Å². The van der Waals surface area contributed by atoms with Crippen molar-refractivity contribution in [3.8, 4) is 10.4 Å². The highest BCUT2D eigenvalue weighted by molar-refractivity contribution is 7.19. The van der Waals surface area contributed by atoms with Gasteiger partial charge in [0.1, 0.15) is 0 Å². The molecule has 1 aliphatic rings. The van der Waals surface area contributed by atoms with Crippen molar-refractivity contribution in [2.45, 2.75) is 19.3 Å². The molecule has 0 radical (unpaired) electrons. The number of carbonyl (C=O) groups is 2. The topological polar surface area (TPSA) is 74.3 Å². The first-order valence-electron chi connectivity index (χ1n) is 8.06. The zero-order valence-electron chi connectivity index (χ0n) is 13.3. The zero-order valence-corrected chi connectivity index (χ0v) is 14.1. The Morgan fingerprint density at radius 2 is 2.12 bits per heavy atom. The smallest absolute Gasteiger partial charge is 0.321 e. The van der Waals surface area contributed by atoms with Gasteiger partial charge in [-0.3, -0.25) is 10.1 Å². The summed E-state index contributed by atoms with van der Waals surface area (Å²) in [5.74, 6) is 0.218. The summed E-state index contributed by atoms with van der Waals surface area (Å²) in [6, 6.07) is 9.66. The largest absolute Gasteiger partial charge is 0.343 e. The molecule has 0 bridgehead atoms. The van der Waals surface area contributed by atoms with Crippen LogP contribution in [0, 0.1) is 0 Å². The Morgan fingerprint density at radius 3 is 2.88 bits per heavy atom. The molecule has 3 amide bonds. The second-order valence-corrected chi connectivity index (χ2v) is 6.65. The lowest BCUT2D eigenvalue weighted by atomic mass is 10.2. The molecule has 24 heavy (non-hydrogen) atoms. The molecule has 2 aromatic rings. The van der Waals surface area contributed by atoms with E-state index in [0.29, 0.717) is 24.6 Å². The fourth-order valence-electron chi connectivity index (χ4n) is 2.62. The summed E-state index contributed by atoms with van der Waals surface area (Å²) in [7, 11) is 0. The van der Waals surface area contributed by atoms with E-state index in [0.717, 1.165) is 29.8 Å². The van der Waals surface area contributed by atoms with Gasteiger partial charge in [0.15, 0.2) is 5.13 Å². The number of aromatic nitrogens is 1. The molecule has 2 N–H and O–H groups in total. The van der Waals surface area contributed by atoms with Crippen LogP contribution in [-0.4, -0.2) is 41.5 Å². The Hall–Kier alpha value is -2.41. The van der Waals surface area contributed by atoms with Gasteiger partial charge in [0, 0.05) is 32.3 Å². The van der Waals surface area contributed by atoms with Crippen LogP contribution in [0.5, 0.6) is 0 Å². The molecule has 0 saturated carbocycles. The van der Waals surface area contributed by atoms with Gasteiger partial charge in [-0.15, -0.1) is 0 Å². The lowest BCUT2D eigenvalue weighted by Gasteiger charge is -2.15. The molecule has 6 nitrogen and oxygen atoms in total. The molecule has 7 heteroatoms. The highest BCUT2D eigenvalue weighted by Crippen LogP contribution is 2.28. The van der Waals surface area contributed by atoms with Crippen LogP contribution in [0.3, 0.4) is 0 Å². The Bertz CT molecular complexity index is 702. The van der Waals surface area contributed by atoms with Crippen molar-refractivity contribution in [2.24, 2.45) is 0 Å². The minimum Gasteiger partial charge on any atom is -0.343 e. The Morgan fingerprint density at radius 1 is 1.29 bits per heavy atom. The summed E-state index contributed by atoms with van der Waals surface area (Å²) in [4.78, 5) is 30.5. The predicted molar refractivity (Wildman–Crippen MR) is 95.0 cm³/mol. The van der Waals surface area contributed by atoms with Crippen LogP contribution in [0.25, 0.3) is 10.4 Å². The predicted octanol–water partition coefficient (Wildman–Crippen LogP) is 2.94. The second-order valence-electron chi connectivity index (χ2n) is 5.61. The van der Waals surface area contributed by atoms with Crippen LogP contribution in [0.1, 0.15) is 19.3 Å². The van der Waals surface area contributed by atoms with E-state index in [4.69, 9.17) is 0 Å². The molecule has 1 saturated heterocycles. The number of nitrogens with zero attached hydrogens (tertiary/aromatic N) is 2. The van der Waals surface area contributed by atoms with E-state index < -0.39 is 0 Å². The molecule has 3 rings (SSSR count). The van der Waals surface area contributed by atoms with Crippen molar-refractivity contribution in [2.75, 3.05) is 25.0 Å². The maximum atomic E-state index is 11.9. The van der Waals surface area contributed by atoms with Gasteiger partial charge in [0.2, 0.25) is 5.91 Å². The Balaban J connectivity index is 1.41. The number of urea groups is 1. The number of carbonyl (C=O) groups excluding carboxylic acids is 2. The number of benzene rings is 1. The highest BCUT2D eigenvalue weighted by atomic mass is 32.1. The zero-order chi connectivity index (χ0) is 16.8. The highest BCUT2D eigenvalue weighted by Gasteiger charge is 2.19. The van der Waals surface area contributed by atoms with Crippen LogP contribution in [-0.2, 0) is 4.79 Å². The fraction of sp³-hybridized carbons (Fsp3) is 0.353. The van der Waals surface area contributed by atoms with Crippen LogP contribution in [0.2, 0.25) is 0 Å². The third kappa shape index (κ3) is 4.32. The molecule has 0 spiro atoms.